The highest BCUT2D eigenvalue weighted by molar-refractivity contribution is 7.11. The van der Waals surface area contributed by atoms with E-state index in [1.165, 1.54) is 16.1 Å². The minimum Gasteiger partial charge on any atom is -0.383 e. The Morgan fingerprint density at radius 3 is 2.43 bits per heavy atom. The number of nitrogens with zero attached hydrogens (tertiary/aromatic N) is 3. The lowest BCUT2D eigenvalue weighted by Gasteiger charge is -2.17. The molecule has 0 saturated heterocycles. The molecule has 2 aromatic heterocycles. The van der Waals surface area contributed by atoms with E-state index in [1.807, 2.05) is 11.7 Å². The van der Waals surface area contributed by atoms with E-state index >= 15 is 0 Å². The number of methoxy groups -OCH3 is 1. The van der Waals surface area contributed by atoms with Gasteiger partial charge in [0, 0.05) is 36.8 Å². The van der Waals surface area contributed by atoms with Crippen molar-refractivity contribution in [1.29, 1.82) is 0 Å². The van der Waals surface area contributed by atoms with Crippen LogP contribution in [0.5, 0.6) is 0 Å². The lowest BCUT2D eigenvalue weighted by atomic mass is 10.1. The molecule has 1 unspecified atom stereocenters. The summed E-state index contributed by atoms with van der Waals surface area (Å²) in [5.74, 6) is 0. The quantitative estimate of drug-likeness (QED) is 0.833. The summed E-state index contributed by atoms with van der Waals surface area (Å²) in [4.78, 5) is 6.00. The largest absolute Gasteiger partial charge is 0.383 e. The third-order valence-corrected chi connectivity index (χ3v) is 4.94. The average Bonchev–Trinajstić information content (AvgIpc) is 2.88. The first kappa shape index (κ1) is 16.1. The molecule has 2 rings (SSSR count). The molecule has 0 aliphatic heterocycles. The van der Waals surface area contributed by atoms with Crippen molar-refractivity contribution >= 4 is 11.3 Å². The highest BCUT2D eigenvalue weighted by atomic mass is 32.1. The van der Waals surface area contributed by atoms with Crippen LogP contribution in [0.1, 0.15) is 38.6 Å². The van der Waals surface area contributed by atoms with Gasteiger partial charge >= 0.3 is 0 Å². The molecule has 0 amide bonds. The predicted octanol–water partition coefficient (Wildman–Crippen LogP) is 2.44. The van der Waals surface area contributed by atoms with Crippen molar-refractivity contribution in [2.75, 3.05) is 20.3 Å². The van der Waals surface area contributed by atoms with Crippen LogP contribution in [0.2, 0.25) is 0 Å². The van der Waals surface area contributed by atoms with Crippen LogP contribution in [-0.2, 0) is 11.8 Å². The van der Waals surface area contributed by atoms with Gasteiger partial charge in [-0.1, -0.05) is 0 Å². The number of hydrogen-bond donors (Lipinski definition) is 1. The summed E-state index contributed by atoms with van der Waals surface area (Å²) in [6, 6.07) is 0.0752. The van der Waals surface area contributed by atoms with Crippen LogP contribution in [0.15, 0.2) is 0 Å². The number of rotatable bonds is 6. The highest BCUT2D eigenvalue weighted by Crippen LogP contribution is 2.31. The van der Waals surface area contributed by atoms with E-state index in [0.29, 0.717) is 6.61 Å². The summed E-state index contributed by atoms with van der Waals surface area (Å²) in [6.07, 6.45) is 0. The molecule has 5 nitrogen and oxygen atoms in total. The second-order valence-electron chi connectivity index (χ2n) is 5.28. The van der Waals surface area contributed by atoms with Crippen LogP contribution in [0.25, 0.3) is 0 Å². The lowest BCUT2D eigenvalue weighted by Crippen LogP contribution is -2.26. The average molecular weight is 308 g/mol. The van der Waals surface area contributed by atoms with Crippen molar-refractivity contribution in [2.45, 2.75) is 33.7 Å². The van der Waals surface area contributed by atoms with Crippen molar-refractivity contribution < 1.29 is 4.74 Å². The highest BCUT2D eigenvalue weighted by Gasteiger charge is 2.24. The van der Waals surface area contributed by atoms with Gasteiger partial charge in [0.2, 0.25) is 0 Å². The first-order valence-corrected chi connectivity index (χ1v) is 7.93. The molecule has 0 saturated carbocycles. The van der Waals surface area contributed by atoms with E-state index in [-0.39, 0.29) is 6.04 Å². The third-order valence-electron chi connectivity index (χ3n) is 3.80. The molecule has 6 heteroatoms. The van der Waals surface area contributed by atoms with Crippen molar-refractivity contribution in [2.24, 2.45) is 7.05 Å². The van der Waals surface area contributed by atoms with Crippen LogP contribution in [0, 0.1) is 27.7 Å². The fourth-order valence-electron chi connectivity index (χ4n) is 2.45. The Morgan fingerprint density at radius 2 is 1.95 bits per heavy atom. The van der Waals surface area contributed by atoms with Gasteiger partial charge in [0.1, 0.15) is 5.01 Å². The molecule has 0 aliphatic rings. The van der Waals surface area contributed by atoms with Gasteiger partial charge in [0.05, 0.1) is 24.0 Å². The fourth-order valence-corrected chi connectivity index (χ4v) is 3.46. The van der Waals surface area contributed by atoms with E-state index < -0.39 is 0 Å². The second kappa shape index (κ2) is 6.68. The Bertz CT molecular complexity index is 598. The predicted molar refractivity (Wildman–Crippen MR) is 86.0 cm³/mol. The zero-order chi connectivity index (χ0) is 15.6. The maximum absolute atomic E-state index is 5.16. The summed E-state index contributed by atoms with van der Waals surface area (Å²) in [5.41, 5.74) is 4.55. The van der Waals surface area contributed by atoms with Crippen molar-refractivity contribution in [3.63, 3.8) is 0 Å². The van der Waals surface area contributed by atoms with Gasteiger partial charge in [-0.05, 0) is 27.7 Å². The third kappa shape index (κ3) is 3.33. The number of aryl methyl sites for hydroxylation is 4. The number of aromatic nitrogens is 3. The number of hydrogen-bond acceptors (Lipinski definition) is 5. The molecule has 2 heterocycles. The summed E-state index contributed by atoms with van der Waals surface area (Å²) >= 11 is 1.75. The topological polar surface area (TPSA) is 52.0 Å². The monoisotopic (exact) mass is 308 g/mol. The number of ether oxygens (including phenoxy) is 1. The van der Waals surface area contributed by atoms with Gasteiger partial charge in [-0.2, -0.15) is 5.10 Å². The van der Waals surface area contributed by atoms with Crippen LogP contribution in [-0.4, -0.2) is 35.0 Å². The summed E-state index contributed by atoms with van der Waals surface area (Å²) in [7, 11) is 3.70. The molecule has 0 aliphatic carbocycles. The molecule has 116 valence electrons. The molecular formula is C15H24N4OS. The maximum Gasteiger partial charge on any atom is 0.115 e. The van der Waals surface area contributed by atoms with E-state index in [2.05, 4.69) is 38.1 Å². The summed E-state index contributed by atoms with van der Waals surface area (Å²) in [6.45, 7) is 9.80. The number of nitrogens with one attached hydrogen (secondary N) is 1. The van der Waals surface area contributed by atoms with Crippen molar-refractivity contribution in [3.8, 4) is 0 Å². The van der Waals surface area contributed by atoms with Crippen LogP contribution >= 0.6 is 11.3 Å². The standard InChI is InChI=1S/C15H24N4OS/c1-9-12(4)21-15(17-9)14(16-7-8-20-6)13-10(2)18-19(5)11(13)3/h14,16H,7-8H2,1-6H3. The molecule has 0 bridgehead atoms. The van der Waals surface area contributed by atoms with Crippen LogP contribution < -0.4 is 5.32 Å². The molecule has 0 fully saturated rings. The minimum atomic E-state index is 0.0752. The minimum absolute atomic E-state index is 0.0752. The molecule has 21 heavy (non-hydrogen) atoms. The van der Waals surface area contributed by atoms with Crippen LogP contribution in [0.4, 0.5) is 0 Å². The zero-order valence-electron chi connectivity index (χ0n) is 13.6. The van der Waals surface area contributed by atoms with Gasteiger partial charge in [-0.15, -0.1) is 11.3 Å². The molecule has 2 aromatic rings. The maximum atomic E-state index is 5.16. The van der Waals surface area contributed by atoms with Crippen LogP contribution in [0.3, 0.4) is 0 Å². The van der Waals surface area contributed by atoms with Gasteiger partial charge in [0.25, 0.3) is 0 Å². The number of thiazole rings is 1. The Kier molecular flexibility index (Phi) is 5.13. The first-order valence-electron chi connectivity index (χ1n) is 7.12. The zero-order valence-corrected chi connectivity index (χ0v) is 14.5. The SMILES string of the molecule is COCCNC(c1nc(C)c(C)s1)c1c(C)nn(C)c1C. The molecular weight excluding hydrogens is 284 g/mol. The Morgan fingerprint density at radius 1 is 1.24 bits per heavy atom. The molecule has 1 atom stereocenters. The molecule has 0 radical (unpaired) electrons. The van der Waals surface area contributed by atoms with E-state index in [9.17, 15) is 0 Å². The van der Waals surface area contributed by atoms with Gasteiger partial charge in [-0.3, -0.25) is 4.68 Å². The fraction of sp³-hybridized carbons (Fsp3) is 0.600. The molecule has 1 N–H and O–H groups in total. The van der Waals surface area contributed by atoms with Crippen molar-refractivity contribution in [3.05, 3.63) is 32.5 Å². The Labute approximate surface area is 130 Å². The molecule has 0 aromatic carbocycles. The lowest BCUT2D eigenvalue weighted by molar-refractivity contribution is 0.197. The molecule has 0 spiro atoms. The second-order valence-corrected chi connectivity index (χ2v) is 6.52. The van der Waals surface area contributed by atoms with Gasteiger partial charge < -0.3 is 10.1 Å². The van der Waals surface area contributed by atoms with E-state index in [1.54, 1.807) is 18.4 Å². The van der Waals surface area contributed by atoms with Crippen molar-refractivity contribution in [1.82, 2.24) is 20.1 Å². The normalized spacial score (nSPS) is 12.9. The van der Waals surface area contributed by atoms with E-state index in [0.717, 1.165) is 22.9 Å². The Hall–Kier alpha value is -1.24. The summed E-state index contributed by atoms with van der Waals surface area (Å²) in [5, 5.41) is 9.19. The van der Waals surface area contributed by atoms with Gasteiger partial charge in [0.15, 0.2) is 0 Å². The summed E-state index contributed by atoms with van der Waals surface area (Å²) < 4.78 is 7.09. The van der Waals surface area contributed by atoms with E-state index in [4.69, 9.17) is 9.72 Å². The Balaban J connectivity index is 2.40. The smallest absolute Gasteiger partial charge is 0.115 e. The van der Waals surface area contributed by atoms with Gasteiger partial charge in [-0.25, -0.2) is 4.98 Å². The first-order chi connectivity index (χ1) is 9.95.